The van der Waals surface area contributed by atoms with Crippen molar-refractivity contribution in [2.24, 2.45) is 0 Å². The summed E-state index contributed by atoms with van der Waals surface area (Å²) in [4.78, 5) is 2.47. The molecule has 0 bridgehead atoms. The molecule has 0 amide bonds. The molecule has 1 aliphatic rings. The Labute approximate surface area is 372 Å². The van der Waals surface area contributed by atoms with Gasteiger partial charge in [-0.15, -0.1) is 0 Å². The molecule has 1 aliphatic carbocycles. The summed E-state index contributed by atoms with van der Waals surface area (Å²) in [5.41, 5.74) is 17.2. The molecule has 0 radical (unpaired) electrons. The van der Waals surface area contributed by atoms with Gasteiger partial charge in [-0.3, -0.25) is 0 Å². The van der Waals surface area contributed by atoms with E-state index in [1.54, 1.807) is 0 Å². The molecule has 2 heterocycles. The zero-order valence-corrected chi connectivity index (χ0v) is 35.0. The number of benzene rings is 10. The first-order valence-corrected chi connectivity index (χ1v) is 22.1. The second-order valence-corrected chi connectivity index (χ2v) is 16.8. The van der Waals surface area contributed by atoms with E-state index >= 15 is 0 Å². The second-order valence-electron chi connectivity index (χ2n) is 16.8. The lowest BCUT2D eigenvalue weighted by atomic mass is 9.67. The molecule has 0 fully saturated rings. The van der Waals surface area contributed by atoms with E-state index in [-0.39, 0.29) is 0 Å². The van der Waals surface area contributed by atoms with E-state index in [4.69, 9.17) is 0 Å². The Bertz CT molecular complexity index is 3620. The van der Waals surface area contributed by atoms with Crippen molar-refractivity contribution in [1.29, 1.82) is 0 Å². The van der Waals surface area contributed by atoms with Crippen molar-refractivity contribution in [3.8, 4) is 22.5 Å². The third-order valence-corrected chi connectivity index (χ3v) is 13.5. The molecule has 13 rings (SSSR count). The predicted octanol–water partition coefficient (Wildman–Crippen LogP) is 15.7. The molecule has 0 unspecified atom stereocenters. The summed E-state index contributed by atoms with van der Waals surface area (Å²) in [6.45, 7) is 0. The minimum absolute atomic E-state index is 0.537. The number of hydrogen-bond acceptors (Lipinski definition) is 1. The molecule has 0 spiro atoms. The average molecular weight is 816 g/mol. The number of nitrogens with zero attached hydrogens (tertiary/aromatic N) is 3. The molecule has 300 valence electrons. The molecular weight excluding hydrogens is 775 g/mol. The van der Waals surface area contributed by atoms with Gasteiger partial charge in [0, 0.05) is 38.6 Å². The van der Waals surface area contributed by atoms with E-state index < -0.39 is 5.41 Å². The van der Waals surface area contributed by atoms with E-state index in [2.05, 4.69) is 263 Å². The van der Waals surface area contributed by atoms with Crippen LogP contribution in [-0.2, 0) is 5.41 Å². The van der Waals surface area contributed by atoms with Crippen molar-refractivity contribution in [3.63, 3.8) is 0 Å². The van der Waals surface area contributed by atoms with Crippen molar-refractivity contribution >= 4 is 60.7 Å². The SMILES string of the molecule is c1ccc(N(c2ccc3c(c2)C(c2ccccc2)(c2ccccc2)c2ccccc2-3)c2cc(-n3c4ccccc4c4ccccc43)c3c4ccccc4n(-c4ccccc4)c3c2)cc1. The Morgan fingerprint density at radius 2 is 0.812 bits per heavy atom. The summed E-state index contributed by atoms with van der Waals surface area (Å²) in [5, 5.41) is 4.89. The van der Waals surface area contributed by atoms with Crippen LogP contribution in [0.1, 0.15) is 22.3 Å². The van der Waals surface area contributed by atoms with Gasteiger partial charge in [0.25, 0.3) is 0 Å². The molecular formula is C61H41N3. The number of rotatable bonds is 7. The smallest absolute Gasteiger partial charge is 0.0714 e. The van der Waals surface area contributed by atoms with Crippen LogP contribution < -0.4 is 4.90 Å². The summed E-state index contributed by atoms with van der Waals surface area (Å²) >= 11 is 0. The van der Waals surface area contributed by atoms with Crippen LogP contribution in [0.15, 0.2) is 249 Å². The van der Waals surface area contributed by atoms with Crippen molar-refractivity contribution in [2.45, 2.75) is 5.41 Å². The Hall–Kier alpha value is -8.40. The Morgan fingerprint density at radius 1 is 0.312 bits per heavy atom. The molecule has 64 heavy (non-hydrogen) atoms. The van der Waals surface area contributed by atoms with Gasteiger partial charge in [-0.2, -0.15) is 0 Å². The zero-order valence-electron chi connectivity index (χ0n) is 35.0. The zero-order chi connectivity index (χ0) is 42.2. The van der Waals surface area contributed by atoms with Crippen LogP contribution in [0.3, 0.4) is 0 Å². The first-order chi connectivity index (χ1) is 31.8. The number of aromatic nitrogens is 2. The van der Waals surface area contributed by atoms with Gasteiger partial charge >= 0.3 is 0 Å². The molecule has 12 aromatic rings. The fourth-order valence-electron chi connectivity index (χ4n) is 11.0. The lowest BCUT2D eigenvalue weighted by Gasteiger charge is -2.35. The van der Waals surface area contributed by atoms with Gasteiger partial charge in [-0.25, -0.2) is 0 Å². The summed E-state index contributed by atoms with van der Waals surface area (Å²) in [6, 6.07) is 91.4. The van der Waals surface area contributed by atoms with Crippen LogP contribution in [0.25, 0.3) is 66.1 Å². The number of anilines is 3. The van der Waals surface area contributed by atoms with Gasteiger partial charge in [-0.1, -0.05) is 182 Å². The first-order valence-electron chi connectivity index (χ1n) is 22.1. The monoisotopic (exact) mass is 815 g/mol. The minimum Gasteiger partial charge on any atom is -0.310 e. The summed E-state index contributed by atoms with van der Waals surface area (Å²) in [5.74, 6) is 0. The third-order valence-electron chi connectivity index (χ3n) is 13.5. The Balaban J connectivity index is 1.16. The van der Waals surface area contributed by atoms with E-state index in [0.717, 1.165) is 34.0 Å². The predicted molar refractivity (Wildman–Crippen MR) is 267 cm³/mol. The van der Waals surface area contributed by atoms with Crippen molar-refractivity contribution in [1.82, 2.24) is 9.13 Å². The van der Waals surface area contributed by atoms with Crippen LogP contribution in [-0.4, -0.2) is 9.13 Å². The Kier molecular flexibility index (Phi) is 8.13. The summed E-state index contributed by atoms with van der Waals surface area (Å²) in [6.07, 6.45) is 0. The molecule has 3 heteroatoms. The van der Waals surface area contributed by atoms with Gasteiger partial charge in [0.15, 0.2) is 0 Å². The maximum absolute atomic E-state index is 2.50. The molecule has 10 aromatic carbocycles. The quantitative estimate of drug-likeness (QED) is 0.156. The topological polar surface area (TPSA) is 13.1 Å². The molecule has 0 N–H and O–H groups in total. The van der Waals surface area contributed by atoms with Crippen LogP contribution in [0.4, 0.5) is 17.1 Å². The maximum atomic E-state index is 2.50. The van der Waals surface area contributed by atoms with Crippen LogP contribution in [0.2, 0.25) is 0 Å². The highest BCUT2D eigenvalue weighted by Gasteiger charge is 2.46. The fraction of sp³-hybridized carbons (Fsp3) is 0.0164. The minimum atomic E-state index is -0.537. The van der Waals surface area contributed by atoms with Gasteiger partial charge in [-0.05, 0) is 100 Å². The second kappa shape index (κ2) is 14.3. The third kappa shape index (κ3) is 5.22. The molecule has 0 saturated carbocycles. The average Bonchev–Trinajstić information content (AvgIpc) is 3.99. The normalized spacial score (nSPS) is 12.8. The Morgan fingerprint density at radius 3 is 1.45 bits per heavy atom. The van der Waals surface area contributed by atoms with Crippen molar-refractivity contribution in [2.75, 3.05) is 4.90 Å². The molecule has 2 aromatic heterocycles. The van der Waals surface area contributed by atoms with Crippen LogP contribution in [0.5, 0.6) is 0 Å². The fourth-order valence-corrected chi connectivity index (χ4v) is 11.0. The summed E-state index contributed by atoms with van der Waals surface area (Å²) < 4.78 is 4.94. The van der Waals surface area contributed by atoms with Gasteiger partial charge < -0.3 is 14.0 Å². The van der Waals surface area contributed by atoms with Gasteiger partial charge in [0.2, 0.25) is 0 Å². The number of hydrogen-bond donors (Lipinski definition) is 0. The summed E-state index contributed by atoms with van der Waals surface area (Å²) in [7, 11) is 0. The maximum Gasteiger partial charge on any atom is 0.0714 e. The van der Waals surface area contributed by atoms with E-state index in [1.165, 1.54) is 71.5 Å². The van der Waals surface area contributed by atoms with Gasteiger partial charge in [0.1, 0.15) is 0 Å². The standard InChI is InChI=1S/C61H41N3/c1-5-21-42(22-6-1)61(43-23-7-2-8-24-43)53-33-17-13-29-48(53)49-38-37-46(39-54(49)61)62(44-25-9-3-10-26-44)47-40-58-60(52-32-16-20-36-57(52)63(58)45-27-11-4-12-28-45)59(41-47)64-55-34-18-14-30-50(55)51-31-15-19-35-56(51)64/h1-41H. The highest BCUT2D eigenvalue weighted by Crippen LogP contribution is 2.57. The first kappa shape index (κ1) is 36.3. The van der Waals surface area contributed by atoms with Crippen molar-refractivity contribution in [3.05, 3.63) is 271 Å². The van der Waals surface area contributed by atoms with Crippen molar-refractivity contribution < 1.29 is 0 Å². The number of para-hydroxylation sites is 5. The molecule has 0 aliphatic heterocycles. The van der Waals surface area contributed by atoms with E-state index in [0.29, 0.717) is 0 Å². The molecule has 0 atom stereocenters. The van der Waals surface area contributed by atoms with Gasteiger partial charge in [0.05, 0.1) is 38.9 Å². The molecule has 0 saturated heterocycles. The highest BCUT2D eigenvalue weighted by atomic mass is 15.1. The van der Waals surface area contributed by atoms with Crippen LogP contribution in [0, 0.1) is 0 Å². The lowest BCUT2D eigenvalue weighted by molar-refractivity contribution is 0.768. The molecule has 3 nitrogen and oxygen atoms in total. The largest absolute Gasteiger partial charge is 0.310 e. The lowest BCUT2D eigenvalue weighted by Crippen LogP contribution is -2.28. The van der Waals surface area contributed by atoms with E-state index in [1.807, 2.05) is 0 Å². The van der Waals surface area contributed by atoms with Crippen LogP contribution >= 0.6 is 0 Å². The van der Waals surface area contributed by atoms with E-state index in [9.17, 15) is 0 Å². The number of fused-ring (bicyclic) bond motifs is 9. The highest BCUT2D eigenvalue weighted by molar-refractivity contribution is 6.17.